The fourth-order valence-corrected chi connectivity index (χ4v) is 3.10. The molecule has 134 valence electrons. The van der Waals surface area contributed by atoms with Crippen molar-refractivity contribution >= 4 is 50.8 Å². The van der Waals surface area contributed by atoms with Gasteiger partial charge in [-0.3, -0.25) is 0 Å². The second-order valence-corrected chi connectivity index (χ2v) is 7.56. The molecule has 0 N–H and O–H groups in total. The van der Waals surface area contributed by atoms with Crippen molar-refractivity contribution < 1.29 is 4.74 Å². The van der Waals surface area contributed by atoms with Gasteiger partial charge in [0.05, 0.1) is 11.6 Å². The highest BCUT2D eigenvalue weighted by Gasteiger charge is 2.07. The van der Waals surface area contributed by atoms with Crippen molar-refractivity contribution in [3.05, 3.63) is 97.9 Å². The Bertz CT molecular complexity index is 1010. The summed E-state index contributed by atoms with van der Waals surface area (Å²) in [5, 5.41) is 10.9. The zero-order chi connectivity index (χ0) is 19.2. The van der Waals surface area contributed by atoms with Crippen molar-refractivity contribution in [3.63, 3.8) is 0 Å². The lowest BCUT2D eigenvalue weighted by atomic mass is 10.0. The Morgan fingerprint density at radius 2 is 1.59 bits per heavy atom. The highest BCUT2D eigenvalue weighted by molar-refractivity contribution is 9.10. The van der Waals surface area contributed by atoms with E-state index in [4.69, 9.17) is 27.9 Å². The molecule has 0 bridgehead atoms. The van der Waals surface area contributed by atoms with E-state index in [-0.39, 0.29) is 0 Å². The molecule has 27 heavy (non-hydrogen) atoms. The smallest absolute Gasteiger partial charge is 0.127 e. The zero-order valence-corrected chi connectivity index (χ0v) is 17.2. The van der Waals surface area contributed by atoms with E-state index >= 15 is 0 Å². The number of ether oxygens (including phenoxy) is 1. The first-order valence-electron chi connectivity index (χ1n) is 8.10. The summed E-state index contributed by atoms with van der Waals surface area (Å²) in [6, 6.07) is 22.6. The number of hydrogen-bond donors (Lipinski definition) is 0. The molecule has 5 heteroatoms. The van der Waals surface area contributed by atoms with Gasteiger partial charge in [-0.1, -0.05) is 63.4 Å². The first kappa shape index (κ1) is 19.5. The van der Waals surface area contributed by atoms with Crippen LogP contribution in [-0.2, 0) is 6.61 Å². The normalized spacial score (nSPS) is 11.1. The maximum absolute atomic E-state index is 9.59. The van der Waals surface area contributed by atoms with Crippen LogP contribution in [0, 0.1) is 11.3 Å². The van der Waals surface area contributed by atoms with Crippen LogP contribution in [0.15, 0.2) is 71.2 Å². The standard InChI is InChI=1S/C22H14BrCl2NO/c23-19-5-10-22(27-14-15-1-6-20(24)7-2-15)17(12-19)11-18(13-26)16-3-8-21(25)9-4-16/h1-12H,14H2/b18-11+. The van der Waals surface area contributed by atoms with Gasteiger partial charge >= 0.3 is 0 Å². The Labute approximate surface area is 176 Å². The van der Waals surface area contributed by atoms with Gasteiger partial charge in [0.15, 0.2) is 0 Å². The number of rotatable bonds is 5. The summed E-state index contributed by atoms with van der Waals surface area (Å²) < 4.78 is 6.88. The van der Waals surface area contributed by atoms with Crippen LogP contribution in [-0.4, -0.2) is 0 Å². The van der Waals surface area contributed by atoms with Crippen LogP contribution < -0.4 is 4.74 Å². The summed E-state index contributed by atoms with van der Waals surface area (Å²) in [7, 11) is 0. The first-order valence-corrected chi connectivity index (χ1v) is 9.64. The fraction of sp³-hybridized carbons (Fsp3) is 0.0455. The van der Waals surface area contributed by atoms with E-state index in [0.717, 1.165) is 21.2 Å². The third-order valence-electron chi connectivity index (χ3n) is 3.85. The van der Waals surface area contributed by atoms with Crippen LogP contribution in [0.2, 0.25) is 10.0 Å². The van der Waals surface area contributed by atoms with Gasteiger partial charge in [-0.15, -0.1) is 0 Å². The summed E-state index contributed by atoms with van der Waals surface area (Å²) in [6.45, 7) is 0.405. The van der Waals surface area contributed by atoms with E-state index < -0.39 is 0 Å². The topological polar surface area (TPSA) is 33.0 Å². The van der Waals surface area contributed by atoms with Gasteiger partial charge in [-0.05, 0) is 59.7 Å². The van der Waals surface area contributed by atoms with Crippen LogP contribution in [0.1, 0.15) is 16.7 Å². The average Bonchev–Trinajstić information content (AvgIpc) is 2.67. The Hall–Kier alpha value is -2.25. The Balaban J connectivity index is 1.89. The number of nitriles is 1. The number of allylic oxidation sites excluding steroid dienone is 1. The molecule has 0 heterocycles. The minimum atomic E-state index is 0.405. The monoisotopic (exact) mass is 457 g/mol. The molecular formula is C22H14BrCl2NO. The molecule has 0 aliphatic carbocycles. The third-order valence-corrected chi connectivity index (χ3v) is 4.85. The molecule has 3 rings (SSSR count). The van der Waals surface area contributed by atoms with E-state index in [1.54, 1.807) is 12.1 Å². The highest BCUT2D eigenvalue weighted by Crippen LogP contribution is 2.29. The Morgan fingerprint density at radius 3 is 2.22 bits per heavy atom. The molecule has 0 aliphatic heterocycles. The molecule has 0 saturated carbocycles. The number of nitrogens with zero attached hydrogens (tertiary/aromatic N) is 1. The van der Waals surface area contributed by atoms with Crippen molar-refractivity contribution in [1.82, 2.24) is 0 Å². The van der Waals surface area contributed by atoms with E-state index in [2.05, 4.69) is 22.0 Å². The molecule has 0 aliphatic rings. The molecule has 0 saturated heterocycles. The van der Waals surface area contributed by atoms with Crippen molar-refractivity contribution in [3.8, 4) is 11.8 Å². The molecule has 2 nitrogen and oxygen atoms in total. The highest BCUT2D eigenvalue weighted by atomic mass is 79.9. The molecule has 0 amide bonds. The van der Waals surface area contributed by atoms with Crippen LogP contribution >= 0.6 is 39.1 Å². The van der Waals surface area contributed by atoms with Gasteiger partial charge in [0, 0.05) is 20.1 Å². The lowest BCUT2D eigenvalue weighted by molar-refractivity contribution is 0.305. The summed E-state index contributed by atoms with van der Waals surface area (Å²) in [4.78, 5) is 0. The van der Waals surface area contributed by atoms with Crippen molar-refractivity contribution in [2.45, 2.75) is 6.61 Å². The SMILES string of the molecule is N#C/C(=C\c1cc(Br)ccc1OCc1ccc(Cl)cc1)c1ccc(Cl)cc1. The lowest BCUT2D eigenvalue weighted by Gasteiger charge is -2.11. The second kappa shape index (κ2) is 9.10. The van der Waals surface area contributed by atoms with Gasteiger partial charge in [-0.2, -0.15) is 5.26 Å². The van der Waals surface area contributed by atoms with Crippen LogP contribution in [0.3, 0.4) is 0 Å². The summed E-state index contributed by atoms with van der Waals surface area (Å²) >= 11 is 15.3. The van der Waals surface area contributed by atoms with E-state index in [9.17, 15) is 5.26 Å². The molecule has 0 fully saturated rings. The maximum atomic E-state index is 9.59. The van der Waals surface area contributed by atoms with Crippen molar-refractivity contribution in [1.29, 1.82) is 5.26 Å². The Morgan fingerprint density at radius 1 is 0.963 bits per heavy atom. The zero-order valence-electron chi connectivity index (χ0n) is 14.1. The molecule has 0 radical (unpaired) electrons. The molecular weight excluding hydrogens is 445 g/mol. The first-order chi connectivity index (χ1) is 13.0. The Kier molecular flexibility index (Phi) is 6.58. The lowest BCUT2D eigenvalue weighted by Crippen LogP contribution is -1.97. The summed E-state index contributed by atoms with van der Waals surface area (Å²) in [5.41, 5.74) is 3.15. The number of benzene rings is 3. The van der Waals surface area contributed by atoms with E-state index in [1.807, 2.05) is 60.7 Å². The number of halogens is 3. The predicted molar refractivity (Wildman–Crippen MR) is 115 cm³/mol. The fourth-order valence-electron chi connectivity index (χ4n) is 2.47. The minimum absolute atomic E-state index is 0.405. The van der Waals surface area contributed by atoms with Gasteiger partial charge in [0.25, 0.3) is 0 Å². The third kappa shape index (κ3) is 5.37. The average molecular weight is 459 g/mol. The molecule has 0 unspecified atom stereocenters. The quantitative estimate of drug-likeness (QED) is 0.294. The van der Waals surface area contributed by atoms with Crippen LogP contribution in [0.5, 0.6) is 5.75 Å². The molecule has 0 spiro atoms. The summed E-state index contributed by atoms with van der Waals surface area (Å²) in [6.07, 6.45) is 1.81. The molecule has 0 atom stereocenters. The van der Waals surface area contributed by atoms with Crippen LogP contribution in [0.25, 0.3) is 11.6 Å². The minimum Gasteiger partial charge on any atom is -0.488 e. The van der Waals surface area contributed by atoms with E-state index in [0.29, 0.717) is 28.0 Å². The second-order valence-electron chi connectivity index (χ2n) is 5.77. The van der Waals surface area contributed by atoms with Gasteiger partial charge < -0.3 is 4.74 Å². The largest absolute Gasteiger partial charge is 0.488 e. The molecule has 3 aromatic carbocycles. The van der Waals surface area contributed by atoms with E-state index in [1.165, 1.54) is 0 Å². The van der Waals surface area contributed by atoms with Gasteiger partial charge in [0.2, 0.25) is 0 Å². The van der Waals surface area contributed by atoms with Crippen LogP contribution in [0.4, 0.5) is 0 Å². The van der Waals surface area contributed by atoms with Crippen molar-refractivity contribution in [2.75, 3.05) is 0 Å². The van der Waals surface area contributed by atoms with Gasteiger partial charge in [-0.25, -0.2) is 0 Å². The maximum Gasteiger partial charge on any atom is 0.127 e. The van der Waals surface area contributed by atoms with Gasteiger partial charge in [0.1, 0.15) is 12.4 Å². The van der Waals surface area contributed by atoms with Crippen molar-refractivity contribution in [2.24, 2.45) is 0 Å². The number of hydrogen-bond acceptors (Lipinski definition) is 2. The molecule has 0 aromatic heterocycles. The predicted octanol–water partition coefficient (Wildman–Crippen LogP) is 7.40. The molecule has 3 aromatic rings. The summed E-state index contributed by atoms with van der Waals surface area (Å²) in [5.74, 6) is 0.690.